The molecule has 0 N–H and O–H groups in total. The number of nitrogens with zero attached hydrogens (tertiary/aromatic N) is 1. The Hall–Kier alpha value is -3.25. The number of hydrogen-bond donors (Lipinski definition) is 0. The van der Waals surface area contributed by atoms with Crippen molar-refractivity contribution < 1.29 is 18.7 Å². The van der Waals surface area contributed by atoms with Crippen LogP contribution in [0.2, 0.25) is 0 Å². The molecule has 0 saturated carbocycles. The number of furan rings is 1. The number of imide groups is 1. The van der Waals surface area contributed by atoms with E-state index in [-0.39, 0.29) is 11.8 Å². The van der Waals surface area contributed by atoms with Crippen LogP contribution in [-0.4, -0.2) is 18.4 Å². The number of benzene rings is 2. The van der Waals surface area contributed by atoms with E-state index in [2.05, 4.69) is 0 Å². The average molecular weight is 448 g/mol. The van der Waals surface area contributed by atoms with E-state index in [1.807, 2.05) is 75.4 Å². The van der Waals surface area contributed by atoms with Crippen LogP contribution in [0.5, 0.6) is 5.75 Å². The van der Waals surface area contributed by atoms with Crippen LogP contribution in [0.25, 0.3) is 5.57 Å². The molecule has 6 heteroatoms. The van der Waals surface area contributed by atoms with Gasteiger partial charge >= 0.3 is 0 Å². The highest BCUT2D eigenvalue weighted by Crippen LogP contribution is 2.41. The number of amides is 2. The lowest BCUT2D eigenvalue weighted by Gasteiger charge is -2.19. The summed E-state index contributed by atoms with van der Waals surface area (Å²) in [5.41, 5.74) is 3.67. The molecule has 5 nitrogen and oxygen atoms in total. The van der Waals surface area contributed by atoms with Crippen LogP contribution in [0.1, 0.15) is 35.8 Å². The van der Waals surface area contributed by atoms with E-state index in [1.165, 1.54) is 16.7 Å². The lowest BCUT2D eigenvalue weighted by molar-refractivity contribution is -0.119. The van der Waals surface area contributed by atoms with Crippen molar-refractivity contribution in [2.45, 2.75) is 32.9 Å². The van der Waals surface area contributed by atoms with E-state index in [4.69, 9.17) is 9.15 Å². The summed E-state index contributed by atoms with van der Waals surface area (Å²) >= 11 is 1.33. The maximum absolute atomic E-state index is 13.6. The summed E-state index contributed by atoms with van der Waals surface area (Å²) in [6, 6.07) is 16.7. The summed E-state index contributed by atoms with van der Waals surface area (Å²) in [6.07, 6.45) is 2.52. The number of thioether (sulfide) groups is 1. The summed E-state index contributed by atoms with van der Waals surface area (Å²) < 4.78 is 11.1. The van der Waals surface area contributed by atoms with Gasteiger partial charge < -0.3 is 9.15 Å². The van der Waals surface area contributed by atoms with Gasteiger partial charge in [0.15, 0.2) is 0 Å². The van der Waals surface area contributed by atoms with E-state index in [0.29, 0.717) is 34.1 Å². The van der Waals surface area contributed by atoms with E-state index < -0.39 is 0 Å². The number of aryl methyl sites for hydroxylation is 1. The highest BCUT2D eigenvalue weighted by atomic mass is 32.2. The molecule has 0 unspecified atom stereocenters. The van der Waals surface area contributed by atoms with Gasteiger partial charge in [-0.05, 0) is 67.3 Å². The van der Waals surface area contributed by atoms with Crippen LogP contribution >= 0.6 is 11.8 Å². The number of carbonyl (C=O) groups excluding carboxylic acids is 2. The van der Waals surface area contributed by atoms with E-state index in [1.54, 1.807) is 6.26 Å². The topological polar surface area (TPSA) is 59.8 Å². The molecule has 1 aliphatic heterocycles. The minimum atomic E-state index is -0.312. The zero-order valence-electron chi connectivity index (χ0n) is 18.4. The molecular weight excluding hydrogens is 422 g/mol. The van der Waals surface area contributed by atoms with Gasteiger partial charge in [-0.25, -0.2) is 4.90 Å². The van der Waals surface area contributed by atoms with Gasteiger partial charge in [0, 0.05) is 0 Å². The Morgan fingerprint density at radius 2 is 1.75 bits per heavy atom. The van der Waals surface area contributed by atoms with Crippen molar-refractivity contribution in [3.63, 3.8) is 0 Å². The number of hydrogen-bond acceptors (Lipinski definition) is 5. The monoisotopic (exact) mass is 447 g/mol. The molecule has 0 bridgehead atoms. The first kappa shape index (κ1) is 22.0. The molecular formula is C26H25NO4S. The Balaban J connectivity index is 1.73. The fraction of sp³-hybridized carbons (Fsp3) is 0.231. The van der Waals surface area contributed by atoms with Gasteiger partial charge in [-0.3, -0.25) is 9.59 Å². The third-order valence-corrected chi connectivity index (χ3v) is 6.51. The van der Waals surface area contributed by atoms with E-state index in [0.717, 1.165) is 29.1 Å². The Kier molecular flexibility index (Phi) is 6.51. The Bertz CT molecular complexity index is 1160. The summed E-state index contributed by atoms with van der Waals surface area (Å²) in [7, 11) is 0. The predicted molar refractivity (Wildman–Crippen MR) is 128 cm³/mol. The molecule has 0 radical (unpaired) electrons. The molecule has 1 aromatic heterocycles. The fourth-order valence-corrected chi connectivity index (χ4v) is 4.59. The molecule has 3 aromatic rings. The fourth-order valence-electron chi connectivity index (χ4n) is 3.57. The Morgan fingerprint density at radius 3 is 2.44 bits per heavy atom. The van der Waals surface area contributed by atoms with Crippen molar-refractivity contribution >= 4 is 34.8 Å². The van der Waals surface area contributed by atoms with E-state index >= 15 is 0 Å². The first-order valence-electron chi connectivity index (χ1n) is 10.6. The minimum absolute atomic E-state index is 0.304. The molecule has 0 atom stereocenters. The predicted octanol–water partition coefficient (Wildman–Crippen LogP) is 5.90. The molecule has 1 aliphatic rings. The molecule has 0 saturated heterocycles. The Labute approximate surface area is 192 Å². The molecule has 32 heavy (non-hydrogen) atoms. The quantitative estimate of drug-likeness (QED) is 0.402. The second-order valence-electron chi connectivity index (χ2n) is 7.61. The normalized spacial score (nSPS) is 13.9. The molecule has 2 heterocycles. The minimum Gasteiger partial charge on any atom is -0.494 e. The van der Waals surface area contributed by atoms with Crippen LogP contribution < -0.4 is 9.64 Å². The van der Waals surface area contributed by atoms with E-state index in [9.17, 15) is 9.59 Å². The summed E-state index contributed by atoms with van der Waals surface area (Å²) in [5, 5.41) is 0. The zero-order chi connectivity index (χ0) is 22.7. The maximum Gasteiger partial charge on any atom is 0.272 e. The first-order valence-corrected chi connectivity index (χ1v) is 11.6. The summed E-state index contributed by atoms with van der Waals surface area (Å²) in [6.45, 7) is 6.58. The third kappa shape index (κ3) is 4.23. The van der Waals surface area contributed by atoms with Crippen molar-refractivity contribution in [3.8, 4) is 5.75 Å². The van der Waals surface area contributed by atoms with Crippen molar-refractivity contribution in [2.24, 2.45) is 0 Å². The Morgan fingerprint density at radius 1 is 0.969 bits per heavy atom. The van der Waals surface area contributed by atoms with Crippen molar-refractivity contribution in [2.75, 3.05) is 11.5 Å². The summed E-state index contributed by atoms with van der Waals surface area (Å²) in [4.78, 5) is 28.8. The standard InChI is InChI=1S/C26H25NO4S/c1-4-14-30-20-12-10-19(11-13-20)23-24(32-16-21-8-6-15-31-21)26(29)27(25(23)28)22-9-5-7-17(2)18(22)3/h5-13,15H,4,14,16H2,1-3H3. The van der Waals surface area contributed by atoms with Gasteiger partial charge in [0.2, 0.25) is 0 Å². The second kappa shape index (κ2) is 9.49. The maximum atomic E-state index is 13.6. The van der Waals surface area contributed by atoms with Crippen LogP contribution in [-0.2, 0) is 15.3 Å². The van der Waals surface area contributed by atoms with Crippen LogP contribution in [0, 0.1) is 13.8 Å². The lowest BCUT2D eigenvalue weighted by atomic mass is 10.1. The average Bonchev–Trinajstić information content (AvgIpc) is 3.40. The van der Waals surface area contributed by atoms with Crippen molar-refractivity contribution in [1.82, 2.24) is 0 Å². The number of rotatable bonds is 8. The first-order chi connectivity index (χ1) is 15.5. The molecule has 164 valence electrons. The molecule has 4 rings (SSSR count). The van der Waals surface area contributed by atoms with Crippen molar-refractivity contribution in [1.29, 1.82) is 0 Å². The van der Waals surface area contributed by atoms with Gasteiger partial charge in [0.1, 0.15) is 11.5 Å². The van der Waals surface area contributed by atoms with Gasteiger partial charge in [-0.2, -0.15) is 0 Å². The SMILES string of the molecule is CCCOc1ccc(C2=C(SCc3ccco3)C(=O)N(c3cccc(C)c3C)C2=O)cc1. The smallest absolute Gasteiger partial charge is 0.272 e. The molecule has 0 fully saturated rings. The molecule has 2 amide bonds. The van der Waals surface area contributed by atoms with Gasteiger partial charge in [-0.1, -0.05) is 31.2 Å². The van der Waals surface area contributed by atoms with Crippen LogP contribution in [0.3, 0.4) is 0 Å². The molecule has 0 aliphatic carbocycles. The highest BCUT2D eigenvalue weighted by molar-refractivity contribution is 8.03. The van der Waals surface area contributed by atoms with Crippen LogP contribution in [0.15, 0.2) is 70.2 Å². The molecule has 0 spiro atoms. The van der Waals surface area contributed by atoms with Crippen LogP contribution in [0.4, 0.5) is 5.69 Å². The third-order valence-electron chi connectivity index (χ3n) is 5.41. The zero-order valence-corrected chi connectivity index (χ0v) is 19.2. The number of ether oxygens (including phenoxy) is 1. The van der Waals surface area contributed by atoms with Gasteiger partial charge in [0.05, 0.1) is 34.8 Å². The largest absolute Gasteiger partial charge is 0.494 e. The second-order valence-corrected chi connectivity index (χ2v) is 8.60. The highest BCUT2D eigenvalue weighted by Gasteiger charge is 2.40. The van der Waals surface area contributed by atoms with Gasteiger partial charge in [0.25, 0.3) is 11.8 Å². The van der Waals surface area contributed by atoms with Gasteiger partial charge in [-0.15, -0.1) is 11.8 Å². The molecule has 2 aromatic carbocycles. The van der Waals surface area contributed by atoms with Crippen molar-refractivity contribution in [3.05, 3.63) is 88.2 Å². The number of anilines is 1. The lowest BCUT2D eigenvalue weighted by Crippen LogP contribution is -2.32. The number of carbonyl (C=O) groups is 2. The summed E-state index contributed by atoms with van der Waals surface area (Å²) in [5.74, 6) is 1.33.